The molecule has 2 N–H and O–H groups in total. The molecule has 0 aromatic heterocycles. The average molecular weight is 415 g/mol. The number of carbonyl (C=O) groups is 2. The minimum atomic E-state index is -1.33. The van der Waals surface area contributed by atoms with Crippen molar-refractivity contribution in [3.8, 4) is 0 Å². The van der Waals surface area contributed by atoms with E-state index in [2.05, 4.69) is 0 Å². The van der Waals surface area contributed by atoms with Crippen LogP contribution in [0.25, 0.3) is 0 Å². The van der Waals surface area contributed by atoms with Gasteiger partial charge in [0.05, 0.1) is 0 Å². The maximum atomic E-state index is 13.8. The minimum Gasteiger partial charge on any atom is -0.511 e. The highest BCUT2D eigenvalue weighted by atomic mass is 16.3. The molecule has 0 fully saturated rings. The summed E-state index contributed by atoms with van der Waals surface area (Å²) in [4.78, 5) is 26.8. The molecule has 0 aliphatic heterocycles. The zero-order valence-electron chi connectivity index (χ0n) is 20.0. The highest BCUT2D eigenvalue weighted by Gasteiger charge is 2.53. The molecule has 1 aliphatic rings. The van der Waals surface area contributed by atoms with Crippen LogP contribution in [-0.4, -0.2) is 21.8 Å². The van der Waals surface area contributed by atoms with E-state index in [0.29, 0.717) is 0 Å². The highest BCUT2D eigenvalue weighted by Crippen LogP contribution is 2.49. The van der Waals surface area contributed by atoms with E-state index in [0.717, 1.165) is 16.7 Å². The van der Waals surface area contributed by atoms with Gasteiger partial charge in [0.15, 0.2) is 11.6 Å². The van der Waals surface area contributed by atoms with Crippen molar-refractivity contribution in [2.24, 2.45) is 17.3 Å². The molecule has 1 rings (SSSR count). The zero-order chi connectivity index (χ0) is 23.4. The molecule has 0 bridgehead atoms. The van der Waals surface area contributed by atoms with Crippen molar-refractivity contribution in [1.29, 1.82) is 0 Å². The summed E-state index contributed by atoms with van der Waals surface area (Å²) < 4.78 is 0. The van der Waals surface area contributed by atoms with Crippen molar-refractivity contribution < 1.29 is 19.8 Å². The Labute approximate surface area is 181 Å². The molecule has 0 spiro atoms. The Bertz CT molecular complexity index is 849. The third kappa shape index (κ3) is 5.21. The van der Waals surface area contributed by atoms with Crippen LogP contribution in [0.4, 0.5) is 0 Å². The smallest absolute Gasteiger partial charge is 0.184 e. The van der Waals surface area contributed by atoms with Crippen LogP contribution >= 0.6 is 0 Å². The van der Waals surface area contributed by atoms with E-state index in [1.54, 1.807) is 13.8 Å². The van der Waals surface area contributed by atoms with E-state index in [1.807, 2.05) is 66.7 Å². The number of aliphatic hydroxyl groups excluding tert-OH is 2. The summed E-state index contributed by atoms with van der Waals surface area (Å²) in [5.74, 6) is -2.23. The number of aliphatic hydroxyl groups is 2. The number of hydrogen-bond acceptors (Lipinski definition) is 4. The summed E-state index contributed by atoms with van der Waals surface area (Å²) in [5.41, 5.74) is 1.80. The van der Waals surface area contributed by atoms with Gasteiger partial charge in [-0.1, -0.05) is 55.7 Å². The first-order chi connectivity index (χ1) is 13.8. The van der Waals surface area contributed by atoms with Gasteiger partial charge in [-0.05, 0) is 60.3 Å². The van der Waals surface area contributed by atoms with Gasteiger partial charge in [0.1, 0.15) is 22.5 Å². The summed E-state index contributed by atoms with van der Waals surface area (Å²) in [6.07, 6.45) is 6.26. The number of ketones is 2. The molecule has 0 unspecified atom stereocenters. The predicted molar refractivity (Wildman–Crippen MR) is 123 cm³/mol. The van der Waals surface area contributed by atoms with Crippen LogP contribution in [0, 0.1) is 17.3 Å². The second kappa shape index (κ2) is 10.1. The molecule has 0 saturated carbocycles. The van der Waals surface area contributed by atoms with E-state index in [1.165, 1.54) is 0 Å². The summed E-state index contributed by atoms with van der Waals surface area (Å²) in [6, 6.07) is 0. The molecular formula is C26H38O4. The molecule has 0 radical (unpaired) electrons. The summed E-state index contributed by atoms with van der Waals surface area (Å²) in [5, 5.41) is 22.4. The van der Waals surface area contributed by atoms with Crippen LogP contribution in [0.1, 0.15) is 75.2 Å². The zero-order valence-corrected chi connectivity index (χ0v) is 20.0. The van der Waals surface area contributed by atoms with Crippen molar-refractivity contribution in [3.63, 3.8) is 0 Å². The standard InChI is InChI=1S/C26H38O4/c1-15(2)10-11-20-23(28)21(22(27)18(7)8)25(30)26(24(20)29,13-12-16(3)4)19(9)14-17(5)6/h10,12,14,18-19,28-29H,11,13H2,1-9H3/t19-,26-/m0/s1. The molecule has 4 heteroatoms. The van der Waals surface area contributed by atoms with Gasteiger partial charge in [-0.3, -0.25) is 9.59 Å². The first kappa shape index (κ1) is 25.7. The van der Waals surface area contributed by atoms with Gasteiger partial charge < -0.3 is 10.2 Å². The largest absolute Gasteiger partial charge is 0.511 e. The molecule has 166 valence electrons. The van der Waals surface area contributed by atoms with E-state index in [4.69, 9.17) is 0 Å². The lowest BCUT2D eigenvalue weighted by Crippen LogP contribution is -2.45. The fourth-order valence-corrected chi connectivity index (χ4v) is 3.79. The summed E-state index contributed by atoms with van der Waals surface area (Å²) in [7, 11) is 0. The third-order valence-corrected chi connectivity index (χ3v) is 5.54. The van der Waals surface area contributed by atoms with Crippen LogP contribution in [0.15, 0.2) is 57.6 Å². The lowest BCUT2D eigenvalue weighted by atomic mass is 9.62. The molecule has 0 aromatic rings. The first-order valence-corrected chi connectivity index (χ1v) is 10.6. The third-order valence-electron chi connectivity index (χ3n) is 5.54. The van der Waals surface area contributed by atoms with Gasteiger partial charge in [0.25, 0.3) is 0 Å². The number of carbonyl (C=O) groups excluding carboxylic acids is 2. The molecule has 2 atom stereocenters. The fourth-order valence-electron chi connectivity index (χ4n) is 3.79. The Morgan fingerprint density at radius 1 is 0.933 bits per heavy atom. The lowest BCUT2D eigenvalue weighted by molar-refractivity contribution is -0.130. The maximum Gasteiger partial charge on any atom is 0.184 e. The normalized spacial score (nSPS) is 20.3. The van der Waals surface area contributed by atoms with Crippen molar-refractivity contribution in [2.45, 2.75) is 75.2 Å². The van der Waals surface area contributed by atoms with Gasteiger partial charge in [0.2, 0.25) is 0 Å². The Balaban J connectivity index is 3.98. The topological polar surface area (TPSA) is 74.6 Å². The Morgan fingerprint density at radius 3 is 1.90 bits per heavy atom. The molecule has 0 heterocycles. The average Bonchev–Trinajstić information content (AvgIpc) is 2.60. The van der Waals surface area contributed by atoms with Crippen LogP contribution < -0.4 is 0 Å². The van der Waals surface area contributed by atoms with E-state index in [-0.39, 0.29) is 41.4 Å². The predicted octanol–water partition coefficient (Wildman–Crippen LogP) is 6.72. The van der Waals surface area contributed by atoms with E-state index in [9.17, 15) is 19.8 Å². The summed E-state index contributed by atoms with van der Waals surface area (Å²) >= 11 is 0. The van der Waals surface area contributed by atoms with Crippen molar-refractivity contribution in [3.05, 3.63) is 57.6 Å². The Morgan fingerprint density at radius 2 is 1.47 bits per heavy atom. The highest BCUT2D eigenvalue weighted by molar-refractivity contribution is 6.25. The van der Waals surface area contributed by atoms with Crippen LogP contribution in [0.3, 0.4) is 0 Å². The van der Waals surface area contributed by atoms with E-state index < -0.39 is 22.9 Å². The van der Waals surface area contributed by atoms with Crippen LogP contribution in [-0.2, 0) is 9.59 Å². The number of Topliss-reactive ketones (excluding diaryl/α,β-unsaturated/α-hetero) is 2. The number of hydrogen-bond donors (Lipinski definition) is 2. The molecule has 1 aliphatic carbocycles. The molecule has 30 heavy (non-hydrogen) atoms. The molecule has 4 nitrogen and oxygen atoms in total. The Kier molecular flexibility index (Phi) is 8.64. The molecule has 0 aromatic carbocycles. The second-order valence-corrected chi connectivity index (χ2v) is 9.37. The second-order valence-electron chi connectivity index (χ2n) is 9.37. The number of allylic oxidation sites excluding steroid dienone is 9. The molecule has 0 amide bonds. The fraction of sp³-hybridized carbons (Fsp3) is 0.538. The molecular weight excluding hydrogens is 376 g/mol. The van der Waals surface area contributed by atoms with Crippen molar-refractivity contribution in [1.82, 2.24) is 0 Å². The van der Waals surface area contributed by atoms with Gasteiger partial charge in [-0.2, -0.15) is 0 Å². The van der Waals surface area contributed by atoms with Gasteiger partial charge in [0, 0.05) is 11.5 Å². The quantitative estimate of drug-likeness (QED) is 0.341. The minimum absolute atomic E-state index is 0.134. The van der Waals surface area contributed by atoms with Crippen molar-refractivity contribution >= 4 is 11.6 Å². The van der Waals surface area contributed by atoms with E-state index >= 15 is 0 Å². The maximum absolute atomic E-state index is 13.8. The first-order valence-electron chi connectivity index (χ1n) is 10.6. The summed E-state index contributed by atoms with van der Waals surface area (Å²) in [6.45, 7) is 16.9. The molecule has 0 saturated heterocycles. The van der Waals surface area contributed by atoms with Gasteiger partial charge in [-0.25, -0.2) is 0 Å². The number of rotatable bonds is 8. The monoisotopic (exact) mass is 414 g/mol. The lowest BCUT2D eigenvalue weighted by Gasteiger charge is -2.40. The Hall–Kier alpha value is -2.36. The van der Waals surface area contributed by atoms with Crippen molar-refractivity contribution in [2.75, 3.05) is 0 Å². The SMILES string of the molecule is CC(C)=CCC1=C(O)[C@](CC=C(C)C)([C@@H](C)C=C(C)C)C(=O)C(C(=O)C(C)C)=C1O. The van der Waals surface area contributed by atoms with Crippen LogP contribution in [0.2, 0.25) is 0 Å². The van der Waals surface area contributed by atoms with Crippen LogP contribution in [0.5, 0.6) is 0 Å². The van der Waals surface area contributed by atoms with Gasteiger partial charge >= 0.3 is 0 Å². The van der Waals surface area contributed by atoms with Gasteiger partial charge in [-0.15, -0.1) is 0 Å².